The third-order valence-electron chi connectivity index (χ3n) is 2.51. The smallest absolute Gasteiger partial charge is 0.346 e. The molecule has 112 valence electrons. The second-order valence-corrected chi connectivity index (χ2v) is 3.90. The van der Waals surface area contributed by atoms with Crippen LogP contribution in [0.25, 0.3) is 0 Å². The highest BCUT2D eigenvalue weighted by molar-refractivity contribution is 5.44. The van der Waals surface area contributed by atoms with E-state index in [0.717, 1.165) is 0 Å². The molecule has 0 aliphatic carbocycles. The number of benzene rings is 1. The molecular weight excluding hydrogens is 304 g/mol. The maximum absolute atomic E-state index is 13.3. The lowest BCUT2D eigenvalue weighted by atomic mass is 10.1. The molecule has 0 amide bonds. The van der Waals surface area contributed by atoms with Crippen molar-refractivity contribution in [3.8, 4) is 11.5 Å². The topological polar surface area (TPSA) is 18.5 Å². The maximum Gasteiger partial charge on any atom is 0.346 e. The van der Waals surface area contributed by atoms with Gasteiger partial charge in [-0.15, -0.1) is 0 Å². The van der Waals surface area contributed by atoms with Crippen LogP contribution in [0.3, 0.4) is 0 Å². The fourth-order valence-corrected chi connectivity index (χ4v) is 1.39. The number of ether oxygens (including phenoxy) is 2. The third-order valence-corrected chi connectivity index (χ3v) is 2.51. The van der Waals surface area contributed by atoms with Crippen molar-refractivity contribution in [2.75, 3.05) is 13.2 Å². The van der Waals surface area contributed by atoms with Crippen molar-refractivity contribution in [3.05, 3.63) is 23.3 Å². The van der Waals surface area contributed by atoms with Gasteiger partial charge in [0.1, 0.15) is 0 Å². The van der Waals surface area contributed by atoms with Crippen LogP contribution in [0.15, 0.2) is 0 Å². The van der Waals surface area contributed by atoms with E-state index in [9.17, 15) is 35.1 Å². The standard InChI is InChI=1S/C10H4F8O2/c11-3-4(12)6(14)8-7(5(3)13)19-1-9(15,16)10(17,18)2-20-8/h1-2H2. The maximum atomic E-state index is 13.3. The summed E-state index contributed by atoms with van der Waals surface area (Å²) in [4.78, 5) is 0. The molecule has 0 bridgehead atoms. The van der Waals surface area contributed by atoms with Gasteiger partial charge in [-0.2, -0.15) is 26.3 Å². The summed E-state index contributed by atoms with van der Waals surface area (Å²) < 4.78 is 112. The lowest BCUT2D eigenvalue weighted by Gasteiger charge is -2.29. The largest absolute Gasteiger partial charge is 0.480 e. The van der Waals surface area contributed by atoms with Crippen molar-refractivity contribution < 1.29 is 44.6 Å². The molecule has 0 atom stereocenters. The lowest BCUT2D eigenvalue weighted by Crippen LogP contribution is -2.50. The highest BCUT2D eigenvalue weighted by Gasteiger charge is 2.59. The molecule has 0 saturated carbocycles. The normalized spacial score (nSPS) is 20.2. The van der Waals surface area contributed by atoms with Crippen molar-refractivity contribution in [2.24, 2.45) is 0 Å². The molecule has 0 aromatic heterocycles. The van der Waals surface area contributed by atoms with Crippen LogP contribution >= 0.6 is 0 Å². The van der Waals surface area contributed by atoms with Crippen LogP contribution in [-0.4, -0.2) is 25.1 Å². The molecule has 1 aromatic carbocycles. The average molecular weight is 308 g/mol. The van der Waals surface area contributed by atoms with E-state index in [0.29, 0.717) is 0 Å². The van der Waals surface area contributed by atoms with Gasteiger partial charge in [-0.05, 0) is 0 Å². The van der Waals surface area contributed by atoms with Gasteiger partial charge < -0.3 is 9.47 Å². The van der Waals surface area contributed by atoms with Gasteiger partial charge in [-0.25, -0.2) is 8.78 Å². The predicted octanol–water partition coefficient (Wildman–Crippen LogP) is 3.28. The monoisotopic (exact) mass is 308 g/mol. The molecule has 0 fully saturated rings. The molecule has 0 saturated heterocycles. The molecule has 0 spiro atoms. The molecule has 1 aliphatic rings. The quantitative estimate of drug-likeness (QED) is 0.416. The minimum atomic E-state index is -4.77. The van der Waals surface area contributed by atoms with Crippen LogP contribution in [-0.2, 0) is 0 Å². The van der Waals surface area contributed by atoms with Crippen LogP contribution in [0.4, 0.5) is 35.1 Å². The summed E-state index contributed by atoms with van der Waals surface area (Å²) >= 11 is 0. The summed E-state index contributed by atoms with van der Waals surface area (Å²) in [6.45, 7) is -4.12. The Bertz CT molecular complexity index is 508. The molecular formula is C10H4F8O2. The Morgan fingerprint density at radius 3 is 1.20 bits per heavy atom. The molecule has 2 nitrogen and oxygen atoms in total. The average Bonchev–Trinajstić information content (AvgIpc) is 2.36. The number of fused-ring (bicyclic) bond motifs is 1. The second kappa shape index (κ2) is 4.38. The van der Waals surface area contributed by atoms with Crippen LogP contribution < -0.4 is 9.47 Å². The summed E-state index contributed by atoms with van der Waals surface area (Å²) in [5.74, 6) is -21.6. The summed E-state index contributed by atoms with van der Waals surface area (Å²) in [6.07, 6.45) is 0. The second-order valence-electron chi connectivity index (χ2n) is 3.90. The SMILES string of the molecule is Fc1c(F)c(F)c2c(c1F)OCC(F)(F)C(F)(F)CO2. The summed E-state index contributed by atoms with van der Waals surface area (Å²) in [5.41, 5.74) is 0. The molecule has 0 radical (unpaired) electrons. The highest BCUT2D eigenvalue weighted by atomic mass is 19.3. The zero-order valence-electron chi connectivity index (χ0n) is 9.25. The Balaban J connectivity index is 2.57. The number of alkyl halides is 4. The molecule has 1 aromatic rings. The first kappa shape index (κ1) is 14.7. The number of rotatable bonds is 0. The van der Waals surface area contributed by atoms with E-state index in [1.165, 1.54) is 0 Å². The summed E-state index contributed by atoms with van der Waals surface area (Å²) in [6, 6.07) is 0. The minimum absolute atomic E-state index is 1.53. The van der Waals surface area contributed by atoms with Crippen LogP contribution in [0, 0.1) is 23.3 Å². The summed E-state index contributed by atoms with van der Waals surface area (Å²) in [7, 11) is 0. The zero-order chi connectivity index (χ0) is 15.3. The van der Waals surface area contributed by atoms with E-state index in [-0.39, 0.29) is 0 Å². The molecule has 0 N–H and O–H groups in total. The highest BCUT2D eigenvalue weighted by Crippen LogP contribution is 2.43. The Kier molecular flexibility index (Phi) is 3.22. The first-order valence-corrected chi connectivity index (χ1v) is 4.95. The van der Waals surface area contributed by atoms with Gasteiger partial charge in [0.25, 0.3) is 0 Å². The minimum Gasteiger partial charge on any atom is -0.480 e. The molecule has 10 heteroatoms. The van der Waals surface area contributed by atoms with Crippen molar-refractivity contribution in [1.29, 1.82) is 0 Å². The zero-order valence-corrected chi connectivity index (χ0v) is 9.25. The Labute approximate surface area is 105 Å². The summed E-state index contributed by atoms with van der Waals surface area (Å²) in [5, 5.41) is 0. The van der Waals surface area contributed by atoms with E-state index in [2.05, 4.69) is 9.47 Å². The van der Waals surface area contributed by atoms with Gasteiger partial charge in [0.15, 0.2) is 13.2 Å². The van der Waals surface area contributed by atoms with Crippen LogP contribution in [0.2, 0.25) is 0 Å². The van der Waals surface area contributed by atoms with Crippen molar-refractivity contribution in [3.63, 3.8) is 0 Å². The van der Waals surface area contributed by atoms with Crippen molar-refractivity contribution >= 4 is 0 Å². The number of hydrogen-bond acceptors (Lipinski definition) is 2. The van der Waals surface area contributed by atoms with E-state index in [4.69, 9.17) is 0 Å². The molecule has 2 rings (SSSR count). The van der Waals surface area contributed by atoms with Gasteiger partial charge in [-0.3, -0.25) is 0 Å². The number of halogens is 8. The molecule has 20 heavy (non-hydrogen) atoms. The third kappa shape index (κ3) is 2.02. The van der Waals surface area contributed by atoms with Gasteiger partial charge in [0.2, 0.25) is 34.8 Å². The van der Waals surface area contributed by atoms with Gasteiger partial charge >= 0.3 is 11.8 Å². The first-order chi connectivity index (χ1) is 9.08. The van der Waals surface area contributed by atoms with Crippen molar-refractivity contribution in [2.45, 2.75) is 11.8 Å². The molecule has 0 unspecified atom stereocenters. The van der Waals surface area contributed by atoms with E-state index in [1.807, 2.05) is 0 Å². The van der Waals surface area contributed by atoms with E-state index >= 15 is 0 Å². The lowest BCUT2D eigenvalue weighted by molar-refractivity contribution is -0.237. The Morgan fingerprint density at radius 1 is 0.600 bits per heavy atom. The van der Waals surface area contributed by atoms with Gasteiger partial charge in [0, 0.05) is 0 Å². The van der Waals surface area contributed by atoms with Gasteiger partial charge in [0.05, 0.1) is 0 Å². The fraction of sp³-hybridized carbons (Fsp3) is 0.400. The van der Waals surface area contributed by atoms with Crippen LogP contribution in [0.5, 0.6) is 11.5 Å². The molecule has 1 aliphatic heterocycles. The predicted molar refractivity (Wildman–Crippen MR) is 47.2 cm³/mol. The fourth-order valence-electron chi connectivity index (χ4n) is 1.39. The molecule has 1 heterocycles. The van der Waals surface area contributed by atoms with Crippen molar-refractivity contribution in [1.82, 2.24) is 0 Å². The van der Waals surface area contributed by atoms with E-state index in [1.54, 1.807) is 0 Å². The number of hydrogen-bond donors (Lipinski definition) is 0. The first-order valence-electron chi connectivity index (χ1n) is 4.95. The Hall–Kier alpha value is -1.74. The van der Waals surface area contributed by atoms with E-state index < -0.39 is 59.8 Å². The van der Waals surface area contributed by atoms with Gasteiger partial charge in [-0.1, -0.05) is 0 Å². The van der Waals surface area contributed by atoms with Crippen LogP contribution in [0.1, 0.15) is 0 Å². The Morgan fingerprint density at radius 2 is 0.900 bits per heavy atom.